The SMILES string of the molecule is CCNC(=NCCCCC(=O)N[C@@H](CCCN=C(N)N)C(=O)N1CCC[C@H]1C(=O)N[C@@H](Cc1ccc(O)cc1)C(=O)N[C@H](C(=O)N[C@@H](CC(C)C)C(=O)O)C(C)(C)C)NCC. The van der Waals surface area contributed by atoms with E-state index in [1.165, 1.54) is 17.0 Å². The molecule has 19 heteroatoms. The third-order valence-corrected chi connectivity index (χ3v) is 9.93. The van der Waals surface area contributed by atoms with Gasteiger partial charge in [-0.2, -0.15) is 0 Å². The number of guanidine groups is 2. The van der Waals surface area contributed by atoms with Crippen molar-refractivity contribution < 1.29 is 39.0 Å². The Balaban J connectivity index is 2.31. The van der Waals surface area contributed by atoms with Gasteiger partial charge in [0, 0.05) is 45.6 Å². The highest BCUT2D eigenvalue weighted by Gasteiger charge is 2.40. The van der Waals surface area contributed by atoms with Gasteiger partial charge in [0.2, 0.25) is 29.5 Å². The van der Waals surface area contributed by atoms with E-state index in [4.69, 9.17) is 11.5 Å². The minimum Gasteiger partial charge on any atom is -0.508 e. The number of aliphatic carboxylic acids is 1. The monoisotopic (exact) mass is 858 g/mol. The molecule has 1 heterocycles. The van der Waals surface area contributed by atoms with Crippen molar-refractivity contribution in [3.63, 3.8) is 0 Å². The number of carbonyl (C=O) groups is 6. The number of nitrogens with two attached hydrogens (primary N) is 2. The molecule has 0 aromatic heterocycles. The second-order valence-corrected chi connectivity index (χ2v) is 16.8. The Morgan fingerprint density at radius 3 is 2.05 bits per heavy atom. The zero-order valence-corrected chi connectivity index (χ0v) is 37.0. The zero-order chi connectivity index (χ0) is 45.7. The van der Waals surface area contributed by atoms with E-state index in [0.29, 0.717) is 50.2 Å². The number of carbonyl (C=O) groups excluding carboxylic acids is 5. The summed E-state index contributed by atoms with van der Waals surface area (Å²) >= 11 is 0. The van der Waals surface area contributed by atoms with Crippen LogP contribution in [0.15, 0.2) is 34.3 Å². The molecule has 61 heavy (non-hydrogen) atoms. The van der Waals surface area contributed by atoms with Crippen LogP contribution in [0.2, 0.25) is 0 Å². The number of aromatic hydroxyl groups is 1. The molecule has 1 aromatic carbocycles. The van der Waals surface area contributed by atoms with Crippen molar-refractivity contribution in [2.24, 2.45) is 32.8 Å². The third kappa shape index (κ3) is 18.7. The molecule has 5 amide bonds. The lowest BCUT2D eigenvalue weighted by atomic mass is 9.85. The van der Waals surface area contributed by atoms with E-state index in [0.717, 1.165) is 13.1 Å². The molecule has 1 aliphatic heterocycles. The maximum atomic E-state index is 14.2. The fourth-order valence-electron chi connectivity index (χ4n) is 6.84. The fourth-order valence-corrected chi connectivity index (χ4v) is 6.84. The molecule has 12 N–H and O–H groups in total. The van der Waals surface area contributed by atoms with Crippen LogP contribution in [0.3, 0.4) is 0 Å². The van der Waals surface area contributed by atoms with E-state index in [1.54, 1.807) is 32.9 Å². The number of nitrogens with one attached hydrogen (secondary N) is 6. The molecular weight excluding hydrogens is 787 g/mol. The van der Waals surface area contributed by atoms with Gasteiger partial charge in [-0.1, -0.05) is 46.8 Å². The smallest absolute Gasteiger partial charge is 0.326 e. The molecule has 5 atom stereocenters. The Labute approximate surface area is 360 Å². The molecule has 0 radical (unpaired) electrons. The lowest BCUT2D eigenvalue weighted by Crippen LogP contribution is -2.61. The van der Waals surface area contributed by atoms with Gasteiger partial charge in [-0.25, -0.2) is 4.79 Å². The van der Waals surface area contributed by atoms with Crippen LogP contribution in [-0.4, -0.2) is 125 Å². The van der Waals surface area contributed by atoms with Gasteiger partial charge in [-0.05, 0) is 87.8 Å². The highest BCUT2D eigenvalue weighted by molar-refractivity contribution is 5.96. The van der Waals surface area contributed by atoms with E-state index in [-0.39, 0.29) is 62.3 Å². The zero-order valence-electron chi connectivity index (χ0n) is 37.0. The molecule has 1 fully saturated rings. The Kier molecular flexibility index (Phi) is 21.9. The van der Waals surface area contributed by atoms with Crippen LogP contribution in [-0.2, 0) is 35.2 Å². The fraction of sp³-hybridized carbons (Fsp3) is 0.667. The number of hydrogen-bond donors (Lipinski definition) is 10. The normalized spacial score (nSPS) is 15.7. The minimum absolute atomic E-state index is 0.000337. The maximum Gasteiger partial charge on any atom is 0.326 e. The van der Waals surface area contributed by atoms with Crippen LogP contribution >= 0.6 is 0 Å². The molecule has 1 aliphatic rings. The van der Waals surface area contributed by atoms with Crippen LogP contribution in [0.1, 0.15) is 105 Å². The minimum atomic E-state index is -1.25. The number of carboxylic acid groups (broad SMARTS) is 1. The van der Waals surface area contributed by atoms with E-state index < -0.39 is 65.2 Å². The number of unbranched alkanes of at least 4 members (excludes halogenated alkanes) is 1. The largest absolute Gasteiger partial charge is 0.508 e. The van der Waals surface area contributed by atoms with Crippen LogP contribution in [0.4, 0.5) is 0 Å². The summed E-state index contributed by atoms with van der Waals surface area (Å²) in [5.74, 6) is -3.44. The quantitative estimate of drug-likeness (QED) is 0.0393. The average Bonchev–Trinajstić information content (AvgIpc) is 3.67. The first kappa shape index (κ1) is 51.5. The van der Waals surface area contributed by atoms with Gasteiger partial charge in [0.05, 0.1) is 0 Å². The summed E-state index contributed by atoms with van der Waals surface area (Å²) in [6, 6.07) is 0.497. The summed E-state index contributed by atoms with van der Waals surface area (Å²) in [6.07, 6.45) is 2.82. The first-order valence-electron chi connectivity index (χ1n) is 21.4. The van der Waals surface area contributed by atoms with E-state index in [1.807, 2.05) is 27.7 Å². The van der Waals surface area contributed by atoms with Crippen LogP contribution in [0.5, 0.6) is 5.75 Å². The van der Waals surface area contributed by atoms with Gasteiger partial charge in [0.15, 0.2) is 11.9 Å². The molecule has 19 nitrogen and oxygen atoms in total. The second kappa shape index (κ2) is 25.9. The standard InChI is InChI=1S/C42H71N11O8/c1-8-45-41(46-9-2)48-21-11-10-16-33(55)49-29(14-12-22-47-40(43)44)38(59)53-23-13-15-32(53)36(57)50-30(25-27-17-19-28(54)20-18-27)35(56)52-34(42(5,6)7)37(58)51-31(39(60)61)24-26(3)4/h17-20,26,29-32,34,54H,8-16,21-25H2,1-7H3,(H,49,55)(H,50,57)(H,51,58)(H,52,56)(H,60,61)(H4,43,44,47)(H2,45,46,48)/t29-,30-,31-,32-,34+/m0/s1. The van der Waals surface area contributed by atoms with Crippen molar-refractivity contribution in [3.05, 3.63) is 29.8 Å². The molecule has 0 bridgehead atoms. The molecular formula is C42H71N11O8. The number of phenols is 1. The van der Waals surface area contributed by atoms with Crippen LogP contribution in [0.25, 0.3) is 0 Å². The van der Waals surface area contributed by atoms with Crippen molar-refractivity contribution >= 4 is 47.4 Å². The summed E-state index contributed by atoms with van der Waals surface area (Å²) in [5, 5.41) is 37.0. The van der Waals surface area contributed by atoms with Crippen molar-refractivity contribution in [2.75, 3.05) is 32.7 Å². The first-order chi connectivity index (χ1) is 28.8. The Morgan fingerprint density at radius 2 is 1.48 bits per heavy atom. The van der Waals surface area contributed by atoms with Gasteiger partial charge in [0.25, 0.3) is 0 Å². The van der Waals surface area contributed by atoms with Gasteiger partial charge in [0.1, 0.15) is 36.0 Å². The van der Waals surface area contributed by atoms with Crippen molar-refractivity contribution in [1.29, 1.82) is 0 Å². The lowest BCUT2D eigenvalue weighted by molar-refractivity contribution is -0.143. The molecule has 0 saturated carbocycles. The topological polar surface area (TPSA) is 295 Å². The van der Waals surface area contributed by atoms with Crippen LogP contribution in [0, 0.1) is 11.3 Å². The molecule has 1 aromatic rings. The highest BCUT2D eigenvalue weighted by Crippen LogP contribution is 2.23. The lowest BCUT2D eigenvalue weighted by Gasteiger charge is -2.33. The second-order valence-electron chi connectivity index (χ2n) is 16.8. The molecule has 0 spiro atoms. The Hall–Kier alpha value is -5.62. The number of benzene rings is 1. The highest BCUT2D eigenvalue weighted by atomic mass is 16.4. The number of nitrogens with zero attached hydrogens (tertiary/aromatic N) is 3. The van der Waals surface area contributed by atoms with Crippen molar-refractivity contribution in [2.45, 2.75) is 136 Å². The predicted octanol–water partition coefficient (Wildman–Crippen LogP) is 0.841. The van der Waals surface area contributed by atoms with Crippen molar-refractivity contribution in [1.82, 2.24) is 36.8 Å². The number of likely N-dealkylation sites (tertiary alicyclic amines) is 1. The summed E-state index contributed by atoms with van der Waals surface area (Å²) in [5.41, 5.74) is 10.7. The van der Waals surface area contributed by atoms with E-state index >= 15 is 0 Å². The molecule has 2 rings (SSSR count). The van der Waals surface area contributed by atoms with Gasteiger partial charge in [-0.3, -0.25) is 34.0 Å². The average molecular weight is 858 g/mol. The number of rotatable bonds is 24. The molecule has 1 saturated heterocycles. The maximum absolute atomic E-state index is 14.2. The number of amides is 5. The Morgan fingerprint density at radius 1 is 0.836 bits per heavy atom. The van der Waals surface area contributed by atoms with Gasteiger partial charge < -0.3 is 58.5 Å². The number of carboxylic acids is 1. The molecule has 0 unspecified atom stereocenters. The molecule has 342 valence electrons. The summed E-state index contributed by atoms with van der Waals surface area (Å²) < 4.78 is 0. The predicted molar refractivity (Wildman–Crippen MR) is 234 cm³/mol. The number of phenolic OH excluding ortho intramolecular Hbond substituents is 1. The number of aliphatic imine (C=N–C) groups is 2. The number of hydrogen-bond acceptors (Lipinski definition) is 9. The summed E-state index contributed by atoms with van der Waals surface area (Å²) in [6.45, 7) is 15.2. The third-order valence-electron chi connectivity index (χ3n) is 9.93. The van der Waals surface area contributed by atoms with E-state index in [9.17, 15) is 39.0 Å². The van der Waals surface area contributed by atoms with E-state index in [2.05, 4.69) is 41.9 Å². The van der Waals surface area contributed by atoms with Gasteiger partial charge >= 0.3 is 5.97 Å². The summed E-state index contributed by atoms with van der Waals surface area (Å²) in [7, 11) is 0. The first-order valence-corrected chi connectivity index (χ1v) is 21.4. The molecule has 0 aliphatic carbocycles. The van der Waals surface area contributed by atoms with Crippen molar-refractivity contribution in [3.8, 4) is 5.75 Å². The van der Waals surface area contributed by atoms with Gasteiger partial charge in [-0.15, -0.1) is 0 Å². The summed E-state index contributed by atoms with van der Waals surface area (Å²) in [4.78, 5) is 91.2. The van der Waals surface area contributed by atoms with Crippen LogP contribution < -0.4 is 43.4 Å². The Bertz CT molecular complexity index is 1650.